The van der Waals surface area contributed by atoms with Crippen LogP contribution in [0, 0.1) is 0 Å². The maximum Gasteiger partial charge on any atom is 0.228 e. The second-order valence-electron chi connectivity index (χ2n) is 3.89. The number of hydrogen-bond donors (Lipinski definition) is 1. The van der Waals surface area contributed by atoms with Crippen LogP contribution in [0.3, 0.4) is 0 Å². The van der Waals surface area contributed by atoms with E-state index in [-0.39, 0.29) is 0 Å². The zero-order valence-electron chi connectivity index (χ0n) is 10.1. The fourth-order valence-electron chi connectivity index (χ4n) is 1.62. The van der Waals surface area contributed by atoms with Crippen molar-refractivity contribution in [2.75, 3.05) is 6.54 Å². The van der Waals surface area contributed by atoms with Crippen molar-refractivity contribution < 1.29 is 4.52 Å². The minimum atomic E-state index is 0.331. The van der Waals surface area contributed by atoms with Gasteiger partial charge in [0.25, 0.3) is 0 Å². The van der Waals surface area contributed by atoms with Gasteiger partial charge in [-0.3, -0.25) is 4.98 Å². The van der Waals surface area contributed by atoms with Crippen molar-refractivity contribution in [3.63, 3.8) is 0 Å². The highest BCUT2D eigenvalue weighted by atomic mass is 16.5. The molecule has 0 aliphatic rings. The van der Waals surface area contributed by atoms with E-state index in [2.05, 4.69) is 34.3 Å². The molecule has 0 fully saturated rings. The van der Waals surface area contributed by atoms with E-state index in [0.717, 1.165) is 18.7 Å². The average Bonchev–Trinajstić information content (AvgIpc) is 2.79. The summed E-state index contributed by atoms with van der Waals surface area (Å²) in [5, 5.41) is 7.22. The zero-order chi connectivity index (χ0) is 12.1. The summed E-state index contributed by atoms with van der Waals surface area (Å²) in [6.45, 7) is 5.10. The van der Waals surface area contributed by atoms with Crippen LogP contribution in [0.1, 0.15) is 19.7 Å². The van der Waals surface area contributed by atoms with Gasteiger partial charge < -0.3 is 9.84 Å². The van der Waals surface area contributed by atoms with E-state index in [1.54, 1.807) is 6.20 Å². The first-order valence-corrected chi connectivity index (χ1v) is 5.77. The Hall–Kier alpha value is -1.75. The van der Waals surface area contributed by atoms with Gasteiger partial charge in [-0.2, -0.15) is 4.98 Å². The first-order chi connectivity index (χ1) is 8.29. The fourth-order valence-corrected chi connectivity index (χ4v) is 1.62. The van der Waals surface area contributed by atoms with Crippen LogP contribution in [0.25, 0.3) is 11.5 Å². The second kappa shape index (κ2) is 5.54. The average molecular weight is 232 g/mol. The van der Waals surface area contributed by atoms with Crippen LogP contribution in [-0.2, 0) is 6.42 Å². The van der Waals surface area contributed by atoms with Gasteiger partial charge in [-0.05, 0) is 25.6 Å². The minimum Gasteiger partial charge on any atom is -0.339 e. The Morgan fingerprint density at radius 2 is 2.29 bits per heavy atom. The van der Waals surface area contributed by atoms with Gasteiger partial charge in [-0.25, -0.2) is 0 Å². The Morgan fingerprint density at radius 1 is 1.41 bits per heavy atom. The monoisotopic (exact) mass is 232 g/mol. The molecule has 0 aliphatic heterocycles. The first-order valence-electron chi connectivity index (χ1n) is 5.77. The number of likely N-dealkylation sites (N-methyl/N-ethyl adjacent to an activating group) is 1. The van der Waals surface area contributed by atoms with Crippen molar-refractivity contribution in [1.29, 1.82) is 0 Å². The first kappa shape index (κ1) is 11.7. The van der Waals surface area contributed by atoms with Gasteiger partial charge in [-0.1, -0.05) is 18.1 Å². The Morgan fingerprint density at radius 3 is 3.00 bits per heavy atom. The van der Waals surface area contributed by atoms with Crippen molar-refractivity contribution in [2.24, 2.45) is 0 Å². The molecule has 5 nitrogen and oxygen atoms in total. The molecule has 0 aliphatic carbocycles. The van der Waals surface area contributed by atoms with E-state index in [9.17, 15) is 0 Å². The molecule has 0 bridgehead atoms. The molecule has 0 saturated carbocycles. The molecule has 2 rings (SSSR count). The molecule has 0 amide bonds. The molecule has 5 heteroatoms. The van der Waals surface area contributed by atoms with Gasteiger partial charge in [0.05, 0.1) is 0 Å². The van der Waals surface area contributed by atoms with Crippen LogP contribution >= 0.6 is 0 Å². The van der Waals surface area contributed by atoms with E-state index in [1.165, 1.54) is 0 Å². The summed E-state index contributed by atoms with van der Waals surface area (Å²) >= 11 is 0. The van der Waals surface area contributed by atoms with Gasteiger partial charge in [0.2, 0.25) is 11.7 Å². The highest BCUT2D eigenvalue weighted by Gasteiger charge is 2.11. The number of nitrogens with one attached hydrogen (secondary N) is 1. The van der Waals surface area contributed by atoms with Gasteiger partial charge in [0, 0.05) is 18.7 Å². The predicted molar refractivity (Wildman–Crippen MR) is 64.4 cm³/mol. The number of aromatic nitrogens is 3. The normalized spacial score (nSPS) is 12.6. The molecule has 2 aromatic rings. The predicted octanol–water partition coefficient (Wildman–Crippen LogP) is 1.67. The Bertz CT molecular complexity index is 455. The second-order valence-corrected chi connectivity index (χ2v) is 3.89. The third-order valence-corrected chi connectivity index (χ3v) is 2.40. The zero-order valence-corrected chi connectivity index (χ0v) is 10.1. The number of hydrogen-bond acceptors (Lipinski definition) is 5. The summed E-state index contributed by atoms with van der Waals surface area (Å²) in [6, 6.07) is 5.96. The molecule has 0 radical (unpaired) electrons. The van der Waals surface area contributed by atoms with Crippen LogP contribution in [0.15, 0.2) is 28.9 Å². The Labute approximate surface area is 100 Å². The van der Waals surface area contributed by atoms with E-state index in [1.807, 2.05) is 18.2 Å². The van der Waals surface area contributed by atoms with Crippen LogP contribution in [0.2, 0.25) is 0 Å². The fraction of sp³-hybridized carbons (Fsp3) is 0.417. The summed E-state index contributed by atoms with van der Waals surface area (Å²) in [5.74, 6) is 1.18. The van der Waals surface area contributed by atoms with Crippen LogP contribution < -0.4 is 5.32 Å². The number of nitrogens with zero attached hydrogens (tertiary/aromatic N) is 3. The molecule has 1 atom stereocenters. The Kier molecular flexibility index (Phi) is 3.82. The molecule has 1 N–H and O–H groups in total. The van der Waals surface area contributed by atoms with Gasteiger partial charge in [0.15, 0.2) is 0 Å². The van der Waals surface area contributed by atoms with Gasteiger partial charge in [-0.15, -0.1) is 0 Å². The third kappa shape index (κ3) is 3.10. The molecule has 2 aromatic heterocycles. The third-order valence-electron chi connectivity index (χ3n) is 2.40. The van der Waals surface area contributed by atoms with Crippen molar-refractivity contribution in [1.82, 2.24) is 20.4 Å². The van der Waals surface area contributed by atoms with E-state index in [0.29, 0.717) is 17.8 Å². The lowest BCUT2D eigenvalue weighted by atomic mass is 10.2. The lowest BCUT2D eigenvalue weighted by Gasteiger charge is -2.07. The summed E-state index contributed by atoms with van der Waals surface area (Å²) in [4.78, 5) is 8.50. The molecule has 1 unspecified atom stereocenters. The van der Waals surface area contributed by atoms with Crippen molar-refractivity contribution in [2.45, 2.75) is 26.3 Å². The molecule has 17 heavy (non-hydrogen) atoms. The highest BCUT2D eigenvalue weighted by Crippen LogP contribution is 2.12. The van der Waals surface area contributed by atoms with Crippen molar-refractivity contribution in [3.05, 3.63) is 30.3 Å². The van der Waals surface area contributed by atoms with Crippen LogP contribution in [-0.4, -0.2) is 27.7 Å². The van der Waals surface area contributed by atoms with Gasteiger partial charge >= 0.3 is 0 Å². The highest BCUT2D eigenvalue weighted by molar-refractivity contribution is 5.46. The quantitative estimate of drug-likeness (QED) is 0.849. The topological polar surface area (TPSA) is 63.8 Å². The SMILES string of the molecule is CCNC(C)Cc1nc(-c2ccccn2)no1. The standard InChI is InChI=1S/C12H16N4O/c1-3-13-9(2)8-11-15-12(16-17-11)10-6-4-5-7-14-10/h4-7,9,13H,3,8H2,1-2H3. The van der Waals surface area contributed by atoms with E-state index in [4.69, 9.17) is 4.52 Å². The molecule has 0 spiro atoms. The minimum absolute atomic E-state index is 0.331. The van der Waals surface area contributed by atoms with E-state index >= 15 is 0 Å². The van der Waals surface area contributed by atoms with Crippen molar-refractivity contribution in [3.8, 4) is 11.5 Å². The summed E-state index contributed by atoms with van der Waals surface area (Å²) in [7, 11) is 0. The maximum absolute atomic E-state index is 5.19. The van der Waals surface area contributed by atoms with Crippen molar-refractivity contribution >= 4 is 0 Å². The lowest BCUT2D eigenvalue weighted by Crippen LogP contribution is -2.27. The maximum atomic E-state index is 5.19. The molecular weight excluding hydrogens is 216 g/mol. The largest absolute Gasteiger partial charge is 0.339 e. The summed E-state index contributed by atoms with van der Waals surface area (Å²) < 4.78 is 5.19. The molecule has 0 saturated heterocycles. The lowest BCUT2D eigenvalue weighted by molar-refractivity contribution is 0.363. The summed E-state index contributed by atoms with van der Waals surface area (Å²) in [5.41, 5.74) is 0.735. The smallest absolute Gasteiger partial charge is 0.228 e. The molecule has 90 valence electrons. The van der Waals surface area contributed by atoms with Gasteiger partial charge in [0.1, 0.15) is 5.69 Å². The number of rotatable bonds is 5. The Balaban J connectivity index is 2.06. The number of pyridine rings is 1. The summed E-state index contributed by atoms with van der Waals surface area (Å²) in [6.07, 6.45) is 2.44. The molecule has 0 aromatic carbocycles. The molecular formula is C12H16N4O. The van der Waals surface area contributed by atoms with E-state index < -0.39 is 0 Å². The molecule has 2 heterocycles. The van der Waals surface area contributed by atoms with Crippen LogP contribution in [0.5, 0.6) is 0 Å². The van der Waals surface area contributed by atoms with Crippen LogP contribution in [0.4, 0.5) is 0 Å².